The molecule has 1 saturated heterocycles. The van der Waals surface area contributed by atoms with Crippen LogP contribution < -0.4 is 16.0 Å². The molecule has 3 N–H and O–H groups in total. The number of piperidine rings is 1. The zero-order valence-corrected chi connectivity index (χ0v) is 19.7. The van der Waals surface area contributed by atoms with Crippen molar-refractivity contribution in [1.82, 2.24) is 4.90 Å². The summed E-state index contributed by atoms with van der Waals surface area (Å²) in [6.45, 7) is 7.94. The van der Waals surface area contributed by atoms with Gasteiger partial charge in [0.2, 0.25) is 11.8 Å². The monoisotopic (exact) mass is 450 g/mol. The molecule has 7 nitrogen and oxygen atoms in total. The van der Waals surface area contributed by atoms with Crippen molar-refractivity contribution in [3.8, 4) is 0 Å². The van der Waals surface area contributed by atoms with E-state index in [-0.39, 0.29) is 24.3 Å². The summed E-state index contributed by atoms with van der Waals surface area (Å²) in [6, 6.07) is 14.3. The normalized spacial score (nSPS) is 14.1. The van der Waals surface area contributed by atoms with Gasteiger partial charge in [0.25, 0.3) is 5.91 Å². The zero-order valence-electron chi connectivity index (χ0n) is 19.7. The molecule has 7 heteroatoms. The Kier molecular flexibility index (Phi) is 8.46. The highest BCUT2D eigenvalue weighted by atomic mass is 16.2. The number of benzene rings is 2. The second-order valence-electron chi connectivity index (χ2n) is 9.18. The summed E-state index contributed by atoms with van der Waals surface area (Å²) in [5, 5.41) is 8.75. The summed E-state index contributed by atoms with van der Waals surface area (Å²) in [5.41, 5.74) is 2.79. The van der Waals surface area contributed by atoms with Gasteiger partial charge in [-0.15, -0.1) is 0 Å². The number of hydrogen-bond acceptors (Lipinski definition) is 4. The molecular weight excluding hydrogens is 416 g/mol. The SMILES string of the molecule is CC(C)CC(=O)Nc1ccc(NC(=O)CNc2ccc(C(=O)N3CCC(C)CC3)cc2)cc1. The fourth-order valence-corrected chi connectivity index (χ4v) is 3.73. The fraction of sp³-hybridized carbons (Fsp3) is 0.423. The quantitative estimate of drug-likeness (QED) is 0.548. The Morgan fingerprint density at radius 1 is 0.848 bits per heavy atom. The minimum absolute atomic E-state index is 0.0239. The molecule has 1 aliphatic heterocycles. The van der Waals surface area contributed by atoms with Gasteiger partial charge in [-0.25, -0.2) is 0 Å². The molecule has 33 heavy (non-hydrogen) atoms. The molecule has 2 aromatic carbocycles. The third kappa shape index (κ3) is 7.63. The molecule has 1 aliphatic rings. The fourth-order valence-electron chi connectivity index (χ4n) is 3.73. The van der Waals surface area contributed by atoms with Gasteiger partial charge in [-0.3, -0.25) is 14.4 Å². The van der Waals surface area contributed by atoms with E-state index in [0.717, 1.165) is 31.6 Å². The Hall–Kier alpha value is -3.35. The maximum absolute atomic E-state index is 12.6. The highest BCUT2D eigenvalue weighted by Crippen LogP contribution is 2.19. The van der Waals surface area contributed by atoms with Crippen molar-refractivity contribution < 1.29 is 14.4 Å². The average Bonchev–Trinajstić information content (AvgIpc) is 2.79. The van der Waals surface area contributed by atoms with Crippen LogP contribution in [0, 0.1) is 11.8 Å². The van der Waals surface area contributed by atoms with E-state index in [1.165, 1.54) is 0 Å². The van der Waals surface area contributed by atoms with Crippen molar-refractivity contribution in [3.05, 3.63) is 54.1 Å². The van der Waals surface area contributed by atoms with Gasteiger partial charge in [0.05, 0.1) is 6.54 Å². The second kappa shape index (κ2) is 11.5. The van der Waals surface area contributed by atoms with Crippen molar-refractivity contribution >= 4 is 34.8 Å². The Bertz CT molecular complexity index is 947. The van der Waals surface area contributed by atoms with E-state index in [2.05, 4.69) is 22.9 Å². The van der Waals surface area contributed by atoms with Crippen LogP contribution in [0.3, 0.4) is 0 Å². The predicted octanol–water partition coefficient (Wildman–Crippen LogP) is 4.59. The first-order valence-electron chi connectivity index (χ1n) is 11.6. The Labute approximate surface area is 195 Å². The number of amides is 3. The molecule has 0 saturated carbocycles. The largest absolute Gasteiger partial charge is 0.376 e. The number of nitrogens with zero attached hydrogens (tertiary/aromatic N) is 1. The van der Waals surface area contributed by atoms with Crippen LogP contribution in [0.5, 0.6) is 0 Å². The van der Waals surface area contributed by atoms with Gasteiger partial charge in [-0.05, 0) is 73.2 Å². The van der Waals surface area contributed by atoms with E-state index in [1.807, 2.05) is 30.9 Å². The molecule has 0 atom stereocenters. The minimum Gasteiger partial charge on any atom is -0.376 e. The summed E-state index contributed by atoms with van der Waals surface area (Å²) in [4.78, 5) is 38.7. The van der Waals surface area contributed by atoms with E-state index in [1.54, 1.807) is 36.4 Å². The van der Waals surface area contributed by atoms with Crippen molar-refractivity contribution in [2.45, 2.75) is 40.0 Å². The second-order valence-corrected chi connectivity index (χ2v) is 9.18. The molecule has 0 radical (unpaired) electrons. The molecule has 1 heterocycles. The molecular formula is C26H34N4O3. The lowest BCUT2D eigenvalue weighted by Gasteiger charge is -2.30. The van der Waals surface area contributed by atoms with Crippen LogP contribution >= 0.6 is 0 Å². The summed E-state index contributed by atoms with van der Waals surface area (Å²) in [6.07, 6.45) is 2.57. The number of anilines is 3. The first-order chi connectivity index (χ1) is 15.8. The number of likely N-dealkylation sites (tertiary alicyclic amines) is 1. The number of rotatable bonds is 8. The molecule has 0 bridgehead atoms. The lowest BCUT2D eigenvalue weighted by Crippen LogP contribution is -2.37. The van der Waals surface area contributed by atoms with E-state index in [4.69, 9.17) is 0 Å². The Morgan fingerprint density at radius 2 is 1.36 bits per heavy atom. The number of nitrogens with one attached hydrogen (secondary N) is 3. The molecule has 3 amide bonds. The van der Waals surface area contributed by atoms with Gasteiger partial charge in [0.1, 0.15) is 0 Å². The van der Waals surface area contributed by atoms with Crippen LogP contribution in [-0.2, 0) is 9.59 Å². The third-order valence-corrected chi connectivity index (χ3v) is 5.70. The molecule has 0 aliphatic carbocycles. The maximum atomic E-state index is 12.6. The van der Waals surface area contributed by atoms with Crippen LogP contribution in [0.4, 0.5) is 17.1 Å². The van der Waals surface area contributed by atoms with Gasteiger partial charge in [0, 0.05) is 42.1 Å². The smallest absolute Gasteiger partial charge is 0.253 e. The minimum atomic E-state index is -0.186. The van der Waals surface area contributed by atoms with Gasteiger partial charge >= 0.3 is 0 Å². The number of carbonyl (C=O) groups excluding carboxylic acids is 3. The lowest BCUT2D eigenvalue weighted by atomic mass is 9.98. The van der Waals surface area contributed by atoms with Gasteiger partial charge in [-0.2, -0.15) is 0 Å². The lowest BCUT2D eigenvalue weighted by molar-refractivity contribution is -0.117. The predicted molar refractivity (Wildman–Crippen MR) is 132 cm³/mol. The molecule has 0 unspecified atom stereocenters. The zero-order chi connectivity index (χ0) is 23.8. The van der Waals surface area contributed by atoms with E-state index in [9.17, 15) is 14.4 Å². The van der Waals surface area contributed by atoms with Crippen molar-refractivity contribution in [2.24, 2.45) is 11.8 Å². The van der Waals surface area contributed by atoms with Gasteiger partial charge < -0.3 is 20.9 Å². The van der Waals surface area contributed by atoms with Crippen LogP contribution in [0.1, 0.15) is 50.4 Å². The molecule has 0 aromatic heterocycles. The molecule has 0 spiro atoms. The van der Waals surface area contributed by atoms with E-state index in [0.29, 0.717) is 35.2 Å². The Morgan fingerprint density at radius 3 is 1.91 bits per heavy atom. The first kappa shape index (κ1) is 24.3. The first-order valence-corrected chi connectivity index (χ1v) is 11.6. The maximum Gasteiger partial charge on any atom is 0.253 e. The van der Waals surface area contributed by atoms with Crippen molar-refractivity contribution in [2.75, 3.05) is 35.6 Å². The number of carbonyl (C=O) groups is 3. The van der Waals surface area contributed by atoms with Crippen LogP contribution in [0.2, 0.25) is 0 Å². The number of hydrogen-bond donors (Lipinski definition) is 3. The standard InChI is InChI=1S/C26H34N4O3/c1-18(2)16-24(31)28-22-8-10-23(11-9-22)29-25(32)17-27-21-6-4-20(5-7-21)26(33)30-14-12-19(3)13-15-30/h4-11,18-19,27H,12-17H2,1-3H3,(H,28,31)(H,29,32). The van der Waals surface area contributed by atoms with Gasteiger partial charge in [-0.1, -0.05) is 20.8 Å². The van der Waals surface area contributed by atoms with Crippen LogP contribution in [0.25, 0.3) is 0 Å². The highest BCUT2D eigenvalue weighted by molar-refractivity contribution is 5.96. The van der Waals surface area contributed by atoms with Crippen LogP contribution in [0.15, 0.2) is 48.5 Å². The highest BCUT2D eigenvalue weighted by Gasteiger charge is 2.21. The summed E-state index contributed by atoms with van der Waals surface area (Å²) in [7, 11) is 0. The summed E-state index contributed by atoms with van der Waals surface area (Å²) >= 11 is 0. The third-order valence-electron chi connectivity index (χ3n) is 5.70. The van der Waals surface area contributed by atoms with Crippen molar-refractivity contribution in [1.29, 1.82) is 0 Å². The molecule has 1 fully saturated rings. The molecule has 3 rings (SSSR count). The summed E-state index contributed by atoms with van der Waals surface area (Å²) < 4.78 is 0. The van der Waals surface area contributed by atoms with Crippen LogP contribution in [-0.4, -0.2) is 42.3 Å². The Balaban J connectivity index is 1.44. The van der Waals surface area contributed by atoms with Crippen molar-refractivity contribution in [3.63, 3.8) is 0 Å². The average molecular weight is 451 g/mol. The van der Waals surface area contributed by atoms with Gasteiger partial charge in [0.15, 0.2) is 0 Å². The van der Waals surface area contributed by atoms with E-state index < -0.39 is 0 Å². The topological polar surface area (TPSA) is 90.5 Å². The summed E-state index contributed by atoms with van der Waals surface area (Å²) in [5.74, 6) is 0.833. The molecule has 2 aromatic rings. The molecule has 176 valence electrons. The van der Waals surface area contributed by atoms with E-state index >= 15 is 0 Å².